The van der Waals surface area contributed by atoms with E-state index >= 15 is 0 Å². The molecule has 2 rings (SSSR count). The summed E-state index contributed by atoms with van der Waals surface area (Å²) in [6, 6.07) is 19.4. The summed E-state index contributed by atoms with van der Waals surface area (Å²) in [5.74, 6) is 0.755. The van der Waals surface area contributed by atoms with E-state index in [2.05, 4.69) is 17.4 Å². The number of hydrogen-bond donors (Lipinski definition) is 2. The maximum atomic E-state index is 12.3. The van der Waals surface area contributed by atoms with Crippen LogP contribution in [0.25, 0.3) is 0 Å². The van der Waals surface area contributed by atoms with Gasteiger partial charge in [0.05, 0.1) is 17.9 Å². The lowest BCUT2D eigenvalue weighted by atomic mass is 10.0. The van der Waals surface area contributed by atoms with Gasteiger partial charge < -0.3 is 15.2 Å². The molecule has 0 unspecified atom stereocenters. The van der Waals surface area contributed by atoms with Gasteiger partial charge >= 0.3 is 6.09 Å². The summed E-state index contributed by atoms with van der Waals surface area (Å²) >= 11 is 1.62. The van der Waals surface area contributed by atoms with E-state index in [0.717, 1.165) is 11.3 Å². The van der Waals surface area contributed by atoms with Crippen molar-refractivity contribution in [3.8, 4) is 0 Å². The standard InChI is InChI=1S/C21H27NO3S/c1-21(2,3)25-20(24)22-19(17-12-8-5-9-13-17)18(14-23)26-15-16-10-6-4-7-11-16/h4-13,18-19,23H,14-15H2,1-3H3,(H,22,24)/t18-,19-/m1/s1. The Labute approximate surface area is 160 Å². The van der Waals surface area contributed by atoms with Gasteiger partial charge in [0.25, 0.3) is 0 Å². The lowest BCUT2D eigenvalue weighted by Gasteiger charge is -2.28. The zero-order valence-electron chi connectivity index (χ0n) is 15.5. The number of rotatable bonds is 7. The Morgan fingerprint density at radius 1 is 1.08 bits per heavy atom. The normalized spacial score (nSPS) is 13.7. The van der Waals surface area contributed by atoms with Crippen LogP contribution in [0, 0.1) is 0 Å². The average Bonchev–Trinajstić information content (AvgIpc) is 2.61. The van der Waals surface area contributed by atoms with Crippen LogP contribution in [0.3, 0.4) is 0 Å². The first-order chi connectivity index (χ1) is 12.4. The molecule has 4 nitrogen and oxygen atoms in total. The first kappa shape index (κ1) is 20.3. The summed E-state index contributed by atoms with van der Waals surface area (Å²) in [6.07, 6.45) is -0.481. The van der Waals surface area contributed by atoms with E-state index in [1.165, 1.54) is 5.56 Å². The molecular formula is C21H27NO3S. The molecule has 0 heterocycles. The van der Waals surface area contributed by atoms with E-state index in [9.17, 15) is 9.90 Å². The SMILES string of the molecule is CC(C)(C)OC(=O)N[C@H](c1ccccc1)[C@@H](CO)SCc1ccccc1. The Balaban J connectivity index is 2.13. The molecule has 0 saturated heterocycles. The molecule has 5 heteroatoms. The molecule has 2 aromatic rings. The second-order valence-electron chi connectivity index (χ2n) is 7.05. The number of aliphatic hydroxyl groups is 1. The van der Waals surface area contributed by atoms with Crippen molar-refractivity contribution < 1.29 is 14.6 Å². The molecule has 1 amide bonds. The van der Waals surface area contributed by atoms with Gasteiger partial charge in [-0.3, -0.25) is 0 Å². The van der Waals surface area contributed by atoms with E-state index in [1.54, 1.807) is 11.8 Å². The van der Waals surface area contributed by atoms with Crippen LogP contribution in [0.1, 0.15) is 37.9 Å². The zero-order chi connectivity index (χ0) is 19.0. The van der Waals surface area contributed by atoms with Crippen LogP contribution in [0.2, 0.25) is 0 Å². The summed E-state index contributed by atoms with van der Waals surface area (Å²) in [4.78, 5) is 12.3. The fraction of sp³-hybridized carbons (Fsp3) is 0.381. The topological polar surface area (TPSA) is 58.6 Å². The van der Waals surface area contributed by atoms with Crippen molar-refractivity contribution in [2.45, 2.75) is 43.4 Å². The Kier molecular flexibility index (Phi) is 7.54. The van der Waals surface area contributed by atoms with E-state index in [-0.39, 0.29) is 17.9 Å². The molecule has 2 aromatic carbocycles. The largest absolute Gasteiger partial charge is 0.444 e. The molecule has 140 valence electrons. The van der Waals surface area contributed by atoms with Gasteiger partial charge in [-0.05, 0) is 31.9 Å². The quantitative estimate of drug-likeness (QED) is 0.748. The zero-order valence-corrected chi connectivity index (χ0v) is 16.3. The van der Waals surface area contributed by atoms with Gasteiger partial charge in [0.2, 0.25) is 0 Å². The van der Waals surface area contributed by atoms with Crippen molar-refractivity contribution in [3.05, 3.63) is 71.8 Å². The first-order valence-corrected chi connectivity index (χ1v) is 9.75. The maximum Gasteiger partial charge on any atom is 0.408 e. The number of nitrogens with one attached hydrogen (secondary N) is 1. The Hall–Kier alpha value is -1.98. The highest BCUT2D eigenvalue weighted by atomic mass is 32.2. The van der Waals surface area contributed by atoms with Crippen LogP contribution in [-0.2, 0) is 10.5 Å². The third kappa shape index (κ3) is 6.73. The van der Waals surface area contributed by atoms with Gasteiger partial charge in [-0.25, -0.2) is 4.79 Å². The number of aliphatic hydroxyl groups excluding tert-OH is 1. The van der Waals surface area contributed by atoms with Crippen LogP contribution in [-0.4, -0.2) is 28.7 Å². The Morgan fingerprint density at radius 3 is 2.19 bits per heavy atom. The van der Waals surface area contributed by atoms with Crippen LogP contribution in [0.15, 0.2) is 60.7 Å². The van der Waals surface area contributed by atoms with Crippen molar-refractivity contribution in [2.24, 2.45) is 0 Å². The summed E-state index contributed by atoms with van der Waals surface area (Å²) in [6.45, 7) is 5.44. The lowest BCUT2D eigenvalue weighted by Crippen LogP contribution is -2.40. The minimum atomic E-state index is -0.572. The molecule has 0 aliphatic rings. The molecular weight excluding hydrogens is 346 g/mol. The highest BCUT2D eigenvalue weighted by Gasteiger charge is 2.27. The number of carbonyl (C=O) groups excluding carboxylic acids is 1. The molecule has 0 radical (unpaired) electrons. The average molecular weight is 374 g/mol. The molecule has 0 saturated carbocycles. The van der Waals surface area contributed by atoms with Gasteiger partial charge in [-0.2, -0.15) is 0 Å². The van der Waals surface area contributed by atoms with Gasteiger partial charge in [0.15, 0.2) is 0 Å². The summed E-state index contributed by atoms with van der Waals surface area (Å²) < 4.78 is 5.41. The molecule has 0 bridgehead atoms. The fourth-order valence-electron chi connectivity index (χ4n) is 2.52. The number of ether oxygens (including phenoxy) is 1. The highest BCUT2D eigenvalue weighted by Crippen LogP contribution is 2.29. The van der Waals surface area contributed by atoms with Crippen LogP contribution >= 0.6 is 11.8 Å². The van der Waals surface area contributed by atoms with Crippen molar-refractivity contribution in [3.63, 3.8) is 0 Å². The fourth-order valence-corrected chi connectivity index (χ4v) is 3.64. The predicted molar refractivity (Wildman–Crippen MR) is 107 cm³/mol. The molecule has 2 atom stereocenters. The van der Waals surface area contributed by atoms with Gasteiger partial charge in [0, 0.05) is 5.75 Å². The number of alkyl carbamates (subject to hydrolysis) is 1. The van der Waals surface area contributed by atoms with Gasteiger partial charge in [-0.15, -0.1) is 11.8 Å². The van der Waals surface area contributed by atoms with Crippen molar-refractivity contribution in [1.82, 2.24) is 5.32 Å². The minimum Gasteiger partial charge on any atom is -0.444 e. The predicted octanol–water partition coefficient (Wildman–Crippen LogP) is 4.55. The second kappa shape index (κ2) is 9.64. The van der Waals surface area contributed by atoms with E-state index in [0.29, 0.717) is 0 Å². The van der Waals surface area contributed by atoms with Gasteiger partial charge in [-0.1, -0.05) is 60.7 Å². The van der Waals surface area contributed by atoms with Crippen LogP contribution < -0.4 is 5.32 Å². The molecule has 0 fully saturated rings. The number of benzene rings is 2. The summed E-state index contributed by atoms with van der Waals surface area (Å²) in [5.41, 5.74) is 1.55. The number of amides is 1. The van der Waals surface area contributed by atoms with E-state index < -0.39 is 11.7 Å². The van der Waals surface area contributed by atoms with Gasteiger partial charge in [0.1, 0.15) is 5.60 Å². The number of hydrogen-bond acceptors (Lipinski definition) is 4. The van der Waals surface area contributed by atoms with E-state index in [1.807, 2.05) is 69.3 Å². The minimum absolute atomic E-state index is 0.0488. The monoisotopic (exact) mass is 373 g/mol. The number of carbonyl (C=O) groups is 1. The third-order valence-corrected chi connectivity index (χ3v) is 5.04. The highest BCUT2D eigenvalue weighted by molar-refractivity contribution is 7.99. The van der Waals surface area contributed by atoms with Crippen molar-refractivity contribution in [1.29, 1.82) is 0 Å². The van der Waals surface area contributed by atoms with Crippen molar-refractivity contribution >= 4 is 17.9 Å². The van der Waals surface area contributed by atoms with Crippen LogP contribution in [0.4, 0.5) is 4.79 Å². The second-order valence-corrected chi connectivity index (χ2v) is 8.28. The number of thioether (sulfide) groups is 1. The molecule has 0 aliphatic carbocycles. The van der Waals surface area contributed by atoms with Crippen LogP contribution in [0.5, 0.6) is 0 Å². The Morgan fingerprint density at radius 2 is 1.65 bits per heavy atom. The summed E-state index contributed by atoms with van der Waals surface area (Å²) in [7, 11) is 0. The molecule has 2 N–H and O–H groups in total. The Bertz CT molecular complexity index is 671. The maximum absolute atomic E-state index is 12.3. The molecule has 0 spiro atoms. The lowest BCUT2D eigenvalue weighted by molar-refractivity contribution is 0.0498. The molecule has 0 aromatic heterocycles. The summed E-state index contributed by atoms with van der Waals surface area (Å²) in [5, 5.41) is 12.7. The smallest absolute Gasteiger partial charge is 0.408 e. The van der Waals surface area contributed by atoms with E-state index in [4.69, 9.17) is 4.74 Å². The molecule has 26 heavy (non-hydrogen) atoms. The third-order valence-electron chi connectivity index (χ3n) is 3.69. The molecule has 0 aliphatic heterocycles. The van der Waals surface area contributed by atoms with Crippen molar-refractivity contribution in [2.75, 3.05) is 6.61 Å². The first-order valence-electron chi connectivity index (χ1n) is 8.70.